The summed E-state index contributed by atoms with van der Waals surface area (Å²) < 4.78 is 2.48. The summed E-state index contributed by atoms with van der Waals surface area (Å²) in [5.41, 5.74) is 3.71. The Balaban J connectivity index is 2.50. The standard InChI is InChI=1S/C14H14BrN3/c1-9(2)10-4-6-11(7-5-10)14-13(15)12(8-16)17-18(14)3/h4-7,9H,1-3H3. The Bertz CT molecular complexity index is 603. The molecule has 0 aliphatic heterocycles. The summed E-state index contributed by atoms with van der Waals surface area (Å²) in [7, 11) is 1.84. The van der Waals surface area contributed by atoms with E-state index in [4.69, 9.17) is 5.26 Å². The minimum Gasteiger partial charge on any atom is -0.265 e. The average molecular weight is 304 g/mol. The largest absolute Gasteiger partial charge is 0.265 e. The first-order valence-electron chi connectivity index (χ1n) is 5.77. The van der Waals surface area contributed by atoms with Gasteiger partial charge < -0.3 is 0 Å². The van der Waals surface area contributed by atoms with E-state index in [9.17, 15) is 0 Å². The molecule has 0 spiro atoms. The van der Waals surface area contributed by atoms with E-state index in [-0.39, 0.29) is 0 Å². The molecule has 4 heteroatoms. The molecule has 0 bridgehead atoms. The highest BCUT2D eigenvalue weighted by molar-refractivity contribution is 9.10. The van der Waals surface area contributed by atoms with Crippen molar-refractivity contribution < 1.29 is 0 Å². The summed E-state index contributed by atoms with van der Waals surface area (Å²) in [5.74, 6) is 0.517. The number of nitrogens with zero attached hydrogens (tertiary/aromatic N) is 3. The van der Waals surface area contributed by atoms with Crippen molar-refractivity contribution in [3.8, 4) is 17.3 Å². The summed E-state index contributed by atoms with van der Waals surface area (Å²) in [6.07, 6.45) is 0. The van der Waals surface area contributed by atoms with E-state index in [0.29, 0.717) is 11.6 Å². The summed E-state index contributed by atoms with van der Waals surface area (Å²) >= 11 is 3.44. The van der Waals surface area contributed by atoms with E-state index in [1.807, 2.05) is 7.05 Å². The van der Waals surface area contributed by atoms with Gasteiger partial charge in [-0.25, -0.2) is 0 Å². The predicted octanol–water partition coefficient (Wildman–Crippen LogP) is 3.84. The third-order valence-electron chi connectivity index (χ3n) is 2.95. The topological polar surface area (TPSA) is 41.6 Å². The van der Waals surface area contributed by atoms with Crippen LogP contribution in [0.4, 0.5) is 0 Å². The van der Waals surface area contributed by atoms with Crippen LogP contribution in [0, 0.1) is 11.3 Å². The molecule has 0 aliphatic carbocycles. The van der Waals surface area contributed by atoms with E-state index < -0.39 is 0 Å². The van der Waals surface area contributed by atoms with Crippen molar-refractivity contribution in [2.45, 2.75) is 19.8 Å². The van der Waals surface area contributed by atoms with Crippen LogP contribution in [0.1, 0.15) is 31.0 Å². The minimum absolute atomic E-state index is 0.417. The molecule has 0 fully saturated rings. The van der Waals surface area contributed by atoms with Gasteiger partial charge in [-0.15, -0.1) is 0 Å². The molecule has 18 heavy (non-hydrogen) atoms. The van der Waals surface area contributed by atoms with Gasteiger partial charge in [0.15, 0.2) is 5.69 Å². The molecule has 2 aromatic rings. The lowest BCUT2D eigenvalue weighted by Crippen LogP contribution is -1.94. The quantitative estimate of drug-likeness (QED) is 0.845. The lowest BCUT2D eigenvalue weighted by molar-refractivity contribution is 0.770. The van der Waals surface area contributed by atoms with Crippen LogP contribution in [-0.4, -0.2) is 9.78 Å². The predicted molar refractivity (Wildman–Crippen MR) is 75.1 cm³/mol. The minimum atomic E-state index is 0.417. The van der Waals surface area contributed by atoms with Crippen molar-refractivity contribution in [1.82, 2.24) is 9.78 Å². The Morgan fingerprint density at radius 1 is 1.28 bits per heavy atom. The van der Waals surface area contributed by atoms with Crippen LogP contribution in [0.5, 0.6) is 0 Å². The van der Waals surface area contributed by atoms with Crippen molar-refractivity contribution in [2.75, 3.05) is 0 Å². The van der Waals surface area contributed by atoms with Gasteiger partial charge in [0.25, 0.3) is 0 Å². The van der Waals surface area contributed by atoms with E-state index >= 15 is 0 Å². The molecule has 92 valence electrons. The first-order chi connectivity index (χ1) is 8.54. The zero-order valence-corrected chi connectivity index (χ0v) is 12.2. The molecule has 2 rings (SSSR count). The monoisotopic (exact) mass is 303 g/mol. The third-order valence-corrected chi connectivity index (χ3v) is 3.70. The van der Waals surface area contributed by atoms with Gasteiger partial charge in [0.05, 0.1) is 10.2 Å². The second kappa shape index (κ2) is 4.95. The Morgan fingerprint density at radius 2 is 1.89 bits per heavy atom. The zero-order valence-electron chi connectivity index (χ0n) is 10.6. The number of benzene rings is 1. The fraction of sp³-hybridized carbons (Fsp3) is 0.286. The molecule has 0 amide bonds. The van der Waals surface area contributed by atoms with Crippen LogP contribution < -0.4 is 0 Å². The van der Waals surface area contributed by atoms with Gasteiger partial charge in [0.1, 0.15) is 6.07 Å². The Hall–Kier alpha value is -1.60. The highest BCUT2D eigenvalue weighted by Gasteiger charge is 2.15. The first-order valence-corrected chi connectivity index (χ1v) is 6.56. The lowest BCUT2D eigenvalue weighted by atomic mass is 10.0. The number of aryl methyl sites for hydroxylation is 1. The van der Waals surface area contributed by atoms with Crippen LogP contribution in [0.25, 0.3) is 11.3 Å². The molecule has 0 unspecified atom stereocenters. The van der Waals surface area contributed by atoms with Gasteiger partial charge in [-0.1, -0.05) is 38.1 Å². The smallest absolute Gasteiger partial charge is 0.177 e. The van der Waals surface area contributed by atoms with Crippen LogP contribution in [-0.2, 0) is 7.05 Å². The molecule has 0 radical (unpaired) electrons. The molecule has 0 saturated carbocycles. The lowest BCUT2D eigenvalue weighted by Gasteiger charge is -2.07. The van der Waals surface area contributed by atoms with Crippen LogP contribution >= 0.6 is 15.9 Å². The van der Waals surface area contributed by atoms with Gasteiger partial charge >= 0.3 is 0 Å². The molecule has 1 heterocycles. The fourth-order valence-electron chi connectivity index (χ4n) is 1.91. The maximum absolute atomic E-state index is 8.96. The summed E-state index contributed by atoms with van der Waals surface area (Å²) in [6, 6.07) is 10.4. The van der Waals surface area contributed by atoms with E-state index in [0.717, 1.165) is 15.7 Å². The van der Waals surface area contributed by atoms with Gasteiger partial charge in [-0.05, 0) is 27.4 Å². The van der Waals surface area contributed by atoms with E-state index in [2.05, 4.69) is 65.2 Å². The summed E-state index contributed by atoms with van der Waals surface area (Å²) in [6.45, 7) is 4.34. The number of aromatic nitrogens is 2. The normalized spacial score (nSPS) is 10.7. The Labute approximate surface area is 115 Å². The number of hydrogen-bond acceptors (Lipinski definition) is 2. The van der Waals surface area contributed by atoms with Gasteiger partial charge in [-0.2, -0.15) is 10.4 Å². The molecule has 0 atom stereocenters. The second-order valence-electron chi connectivity index (χ2n) is 4.52. The maximum Gasteiger partial charge on any atom is 0.177 e. The molecular formula is C14H14BrN3. The van der Waals surface area contributed by atoms with Crippen LogP contribution in [0.2, 0.25) is 0 Å². The fourth-order valence-corrected chi connectivity index (χ4v) is 2.56. The zero-order chi connectivity index (χ0) is 13.3. The van der Waals surface area contributed by atoms with Crippen molar-refractivity contribution in [2.24, 2.45) is 7.05 Å². The summed E-state index contributed by atoms with van der Waals surface area (Å²) in [5, 5.41) is 13.1. The molecular weight excluding hydrogens is 290 g/mol. The molecule has 1 aromatic carbocycles. The van der Waals surface area contributed by atoms with Crippen molar-refractivity contribution in [3.63, 3.8) is 0 Å². The highest BCUT2D eigenvalue weighted by atomic mass is 79.9. The van der Waals surface area contributed by atoms with Crippen LogP contribution in [0.3, 0.4) is 0 Å². The second-order valence-corrected chi connectivity index (χ2v) is 5.32. The maximum atomic E-state index is 8.96. The SMILES string of the molecule is CC(C)c1ccc(-c2c(Br)c(C#N)nn2C)cc1. The molecule has 3 nitrogen and oxygen atoms in total. The van der Waals surface area contributed by atoms with Gasteiger partial charge in [0, 0.05) is 12.6 Å². The number of rotatable bonds is 2. The third kappa shape index (κ3) is 2.19. The highest BCUT2D eigenvalue weighted by Crippen LogP contribution is 2.31. The van der Waals surface area contributed by atoms with Gasteiger partial charge in [-0.3, -0.25) is 4.68 Å². The van der Waals surface area contributed by atoms with E-state index in [1.54, 1.807) is 4.68 Å². The average Bonchev–Trinajstić information content (AvgIpc) is 2.64. The Morgan fingerprint density at radius 3 is 2.33 bits per heavy atom. The molecule has 0 aliphatic rings. The molecule has 0 saturated heterocycles. The van der Waals surface area contributed by atoms with Crippen molar-refractivity contribution in [3.05, 3.63) is 40.0 Å². The van der Waals surface area contributed by atoms with Gasteiger partial charge in [0.2, 0.25) is 0 Å². The van der Waals surface area contributed by atoms with Crippen molar-refractivity contribution >= 4 is 15.9 Å². The molecule has 1 aromatic heterocycles. The summed E-state index contributed by atoms with van der Waals surface area (Å²) in [4.78, 5) is 0. The van der Waals surface area contributed by atoms with Crippen molar-refractivity contribution in [1.29, 1.82) is 5.26 Å². The number of hydrogen-bond donors (Lipinski definition) is 0. The number of nitriles is 1. The number of halogens is 1. The molecule has 0 N–H and O–H groups in total. The van der Waals surface area contributed by atoms with E-state index in [1.165, 1.54) is 5.56 Å². The Kier molecular flexibility index (Phi) is 3.53. The van der Waals surface area contributed by atoms with Crippen LogP contribution in [0.15, 0.2) is 28.7 Å². The first kappa shape index (κ1) is 12.8.